The number of carboxylic acid groups (broad SMARTS) is 1. The summed E-state index contributed by atoms with van der Waals surface area (Å²) in [6, 6.07) is 7.20. The van der Waals surface area contributed by atoms with Crippen molar-refractivity contribution in [2.75, 3.05) is 11.9 Å². The lowest BCUT2D eigenvalue weighted by Crippen LogP contribution is -2.25. The van der Waals surface area contributed by atoms with E-state index in [1.807, 2.05) is 26.0 Å². The molecule has 1 heterocycles. The van der Waals surface area contributed by atoms with Gasteiger partial charge >= 0.3 is 5.97 Å². The normalized spacial score (nSPS) is 12.6. The number of benzene rings is 1. The van der Waals surface area contributed by atoms with Gasteiger partial charge in [0.15, 0.2) is 0 Å². The first-order chi connectivity index (χ1) is 9.50. The van der Waals surface area contributed by atoms with Crippen LogP contribution in [0.25, 0.3) is 10.8 Å². The average Bonchev–Trinajstić information content (AvgIpc) is 2.43. The van der Waals surface area contributed by atoms with Crippen LogP contribution in [0.3, 0.4) is 0 Å². The molecule has 0 aliphatic heterocycles. The molecule has 0 amide bonds. The third kappa shape index (κ3) is 2.88. The van der Waals surface area contributed by atoms with E-state index in [1.54, 1.807) is 12.1 Å². The fourth-order valence-electron chi connectivity index (χ4n) is 1.94. The van der Waals surface area contributed by atoms with Crippen LogP contribution in [0.1, 0.15) is 24.2 Å². The molecule has 1 aromatic heterocycles. The van der Waals surface area contributed by atoms with Gasteiger partial charge < -0.3 is 15.5 Å². The summed E-state index contributed by atoms with van der Waals surface area (Å²) in [5, 5.41) is 23.4. The van der Waals surface area contributed by atoms with Crippen molar-refractivity contribution >= 4 is 22.6 Å². The second-order valence-electron chi connectivity index (χ2n) is 5.06. The average molecular weight is 274 g/mol. The van der Waals surface area contributed by atoms with Crippen molar-refractivity contribution in [1.29, 1.82) is 0 Å². The van der Waals surface area contributed by atoms with Gasteiger partial charge in [-0.3, -0.25) is 0 Å². The van der Waals surface area contributed by atoms with Gasteiger partial charge in [-0.15, -0.1) is 0 Å². The number of aliphatic hydroxyl groups is 1. The fraction of sp³-hybridized carbons (Fsp3) is 0.333. The zero-order chi connectivity index (χ0) is 14.7. The number of aliphatic hydroxyl groups excluding tert-OH is 1. The highest BCUT2D eigenvalue weighted by Crippen LogP contribution is 2.24. The first-order valence-electron chi connectivity index (χ1n) is 6.53. The van der Waals surface area contributed by atoms with E-state index < -0.39 is 12.1 Å². The molecule has 20 heavy (non-hydrogen) atoms. The highest BCUT2D eigenvalue weighted by Gasteiger charge is 2.14. The van der Waals surface area contributed by atoms with Crippen LogP contribution in [0.5, 0.6) is 0 Å². The van der Waals surface area contributed by atoms with E-state index in [9.17, 15) is 9.90 Å². The largest absolute Gasteiger partial charge is 0.478 e. The van der Waals surface area contributed by atoms with Gasteiger partial charge in [-0.2, -0.15) is 0 Å². The highest BCUT2D eigenvalue weighted by molar-refractivity contribution is 6.06. The molecule has 5 heteroatoms. The van der Waals surface area contributed by atoms with Crippen molar-refractivity contribution < 1.29 is 15.0 Å². The van der Waals surface area contributed by atoms with E-state index in [0.29, 0.717) is 17.7 Å². The molecular weight excluding hydrogens is 256 g/mol. The lowest BCUT2D eigenvalue weighted by molar-refractivity contribution is 0.0698. The number of pyridine rings is 1. The van der Waals surface area contributed by atoms with Crippen LogP contribution in [0.4, 0.5) is 5.82 Å². The van der Waals surface area contributed by atoms with Gasteiger partial charge in [-0.25, -0.2) is 9.78 Å². The van der Waals surface area contributed by atoms with Gasteiger partial charge in [0.05, 0.1) is 11.7 Å². The Kier molecular flexibility index (Phi) is 4.20. The van der Waals surface area contributed by atoms with E-state index >= 15 is 0 Å². The molecule has 2 aromatic rings. The smallest absolute Gasteiger partial charge is 0.337 e. The first kappa shape index (κ1) is 14.3. The Bertz CT molecular complexity index is 626. The summed E-state index contributed by atoms with van der Waals surface area (Å²) in [7, 11) is 0. The SMILES string of the molecule is CC(C)C(O)CNc1ncc(C(=O)O)c2ccccc12. The molecule has 0 fully saturated rings. The Morgan fingerprint density at radius 2 is 1.95 bits per heavy atom. The molecule has 106 valence electrons. The molecule has 0 bridgehead atoms. The monoisotopic (exact) mass is 274 g/mol. The van der Waals surface area contributed by atoms with E-state index in [1.165, 1.54) is 6.20 Å². The van der Waals surface area contributed by atoms with Crippen LogP contribution in [0, 0.1) is 5.92 Å². The lowest BCUT2D eigenvalue weighted by Gasteiger charge is -2.16. The minimum Gasteiger partial charge on any atom is -0.478 e. The quantitative estimate of drug-likeness (QED) is 0.779. The summed E-state index contributed by atoms with van der Waals surface area (Å²) in [6.45, 7) is 4.25. The van der Waals surface area contributed by atoms with Crippen molar-refractivity contribution in [1.82, 2.24) is 4.98 Å². The number of rotatable bonds is 5. The summed E-state index contributed by atoms with van der Waals surface area (Å²) in [6.07, 6.45) is 0.865. The van der Waals surface area contributed by atoms with Gasteiger partial charge in [0.2, 0.25) is 0 Å². The Morgan fingerprint density at radius 3 is 2.55 bits per heavy atom. The minimum atomic E-state index is -0.998. The highest BCUT2D eigenvalue weighted by atomic mass is 16.4. The van der Waals surface area contributed by atoms with Crippen LogP contribution >= 0.6 is 0 Å². The standard InChI is InChI=1S/C15H18N2O3/c1-9(2)13(18)8-17-14-11-6-4-3-5-10(11)12(7-16-14)15(19)20/h3-7,9,13,18H,8H2,1-2H3,(H,16,17)(H,19,20). The van der Waals surface area contributed by atoms with Gasteiger partial charge in [0, 0.05) is 23.5 Å². The van der Waals surface area contributed by atoms with Gasteiger partial charge in [-0.05, 0) is 5.92 Å². The summed E-state index contributed by atoms with van der Waals surface area (Å²) in [4.78, 5) is 15.3. The zero-order valence-corrected chi connectivity index (χ0v) is 11.5. The Labute approximate surface area is 117 Å². The Balaban J connectivity index is 2.36. The van der Waals surface area contributed by atoms with Crippen molar-refractivity contribution in [3.05, 3.63) is 36.0 Å². The van der Waals surface area contributed by atoms with Gasteiger partial charge in [0.1, 0.15) is 5.82 Å². The predicted octanol–water partition coefficient (Wildman–Crippen LogP) is 2.36. The van der Waals surface area contributed by atoms with Crippen LogP contribution < -0.4 is 5.32 Å². The maximum Gasteiger partial charge on any atom is 0.337 e. The van der Waals surface area contributed by atoms with E-state index in [2.05, 4.69) is 10.3 Å². The summed E-state index contributed by atoms with van der Waals surface area (Å²) < 4.78 is 0. The number of nitrogens with zero attached hydrogens (tertiary/aromatic N) is 1. The van der Waals surface area contributed by atoms with E-state index in [0.717, 1.165) is 5.39 Å². The minimum absolute atomic E-state index is 0.145. The summed E-state index contributed by atoms with van der Waals surface area (Å²) in [5.41, 5.74) is 0.176. The van der Waals surface area contributed by atoms with Crippen LogP contribution in [0.2, 0.25) is 0 Å². The zero-order valence-electron chi connectivity index (χ0n) is 11.5. The summed E-state index contributed by atoms with van der Waals surface area (Å²) in [5.74, 6) is -0.264. The van der Waals surface area contributed by atoms with E-state index in [4.69, 9.17) is 5.11 Å². The number of anilines is 1. The van der Waals surface area contributed by atoms with Crippen molar-refractivity contribution in [2.45, 2.75) is 20.0 Å². The van der Waals surface area contributed by atoms with Crippen molar-refractivity contribution in [3.63, 3.8) is 0 Å². The number of fused-ring (bicyclic) bond motifs is 1. The molecule has 0 spiro atoms. The third-order valence-electron chi connectivity index (χ3n) is 3.27. The molecule has 1 aromatic carbocycles. The molecule has 3 N–H and O–H groups in total. The van der Waals surface area contributed by atoms with Gasteiger partial charge in [-0.1, -0.05) is 38.1 Å². The van der Waals surface area contributed by atoms with Gasteiger partial charge in [0.25, 0.3) is 0 Å². The van der Waals surface area contributed by atoms with Crippen molar-refractivity contribution in [3.8, 4) is 0 Å². The molecule has 1 atom stereocenters. The molecule has 0 aliphatic rings. The number of hydrogen-bond donors (Lipinski definition) is 3. The third-order valence-corrected chi connectivity index (χ3v) is 3.27. The number of carboxylic acids is 1. The first-order valence-corrected chi connectivity index (χ1v) is 6.53. The Morgan fingerprint density at radius 1 is 1.30 bits per heavy atom. The molecule has 1 unspecified atom stereocenters. The van der Waals surface area contributed by atoms with Crippen LogP contribution in [0.15, 0.2) is 30.5 Å². The van der Waals surface area contributed by atoms with Crippen LogP contribution in [-0.2, 0) is 0 Å². The molecule has 0 aliphatic carbocycles. The number of nitrogens with one attached hydrogen (secondary N) is 1. The molecule has 2 rings (SSSR count). The number of aromatic nitrogens is 1. The maximum absolute atomic E-state index is 11.2. The topological polar surface area (TPSA) is 82.5 Å². The molecule has 0 saturated heterocycles. The van der Waals surface area contributed by atoms with Crippen LogP contribution in [-0.4, -0.2) is 33.8 Å². The molecule has 0 radical (unpaired) electrons. The maximum atomic E-state index is 11.2. The number of hydrogen-bond acceptors (Lipinski definition) is 4. The molecular formula is C15H18N2O3. The molecule has 5 nitrogen and oxygen atoms in total. The van der Waals surface area contributed by atoms with Crippen molar-refractivity contribution in [2.24, 2.45) is 5.92 Å². The fourth-order valence-corrected chi connectivity index (χ4v) is 1.94. The molecule has 0 saturated carbocycles. The lowest BCUT2D eigenvalue weighted by atomic mass is 10.1. The summed E-state index contributed by atoms with van der Waals surface area (Å²) >= 11 is 0. The second kappa shape index (κ2) is 5.88. The van der Waals surface area contributed by atoms with E-state index in [-0.39, 0.29) is 11.5 Å². The Hall–Kier alpha value is -2.14. The predicted molar refractivity (Wildman–Crippen MR) is 78.0 cm³/mol. The number of aromatic carboxylic acids is 1. The second-order valence-corrected chi connectivity index (χ2v) is 5.06. The number of carbonyl (C=O) groups is 1.